The van der Waals surface area contributed by atoms with Gasteiger partial charge < -0.3 is 5.73 Å². The van der Waals surface area contributed by atoms with Crippen molar-refractivity contribution in [2.24, 2.45) is 0 Å². The summed E-state index contributed by atoms with van der Waals surface area (Å²) in [4.78, 5) is 0. The molecule has 0 spiro atoms. The van der Waals surface area contributed by atoms with Gasteiger partial charge in [-0.3, -0.25) is 0 Å². The minimum atomic E-state index is 0.619. The fourth-order valence-electron chi connectivity index (χ4n) is 2.38. The molecular formula is C18H13BrClN. The average Bonchev–Trinajstić information content (AvgIpc) is 2.52. The smallest absolute Gasteiger partial charge is 0.0568 e. The number of hydrogen-bond acceptors (Lipinski definition) is 1. The van der Waals surface area contributed by atoms with Crippen LogP contribution in [0.3, 0.4) is 0 Å². The maximum Gasteiger partial charge on any atom is 0.0568 e. The van der Waals surface area contributed by atoms with E-state index in [0.29, 0.717) is 10.7 Å². The first-order chi connectivity index (χ1) is 10.2. The number of nitrogens with two attached hydrogens (primary N) is 1. The molecule has 2 N–H and O–H groups in total. The van der Waals surface area contributed by atoms with Crippen LogP contribution in [0, 0.1) is 0 Å². The topological polar surface area (TPSA) is 26.0 Å². The Balaban J connectivity index is 2.23. The molecule has 0 heterocycles. The van der Waals surface area contributed by atoms with Crippen LogP contribution in [0.5, 0.6) is 0 Å². The van der Waals surface area contributed by atoms with E-state index in [1.54, 1.807) is 6.07 Å². The van der Waals surface area contributed by atoms with Crippen LogP contribution in [-0.2, 0) is 0 Å². The third kappa shape index (κ3) is 2.82. The van der Waals surface area contributed by atoms with E-state index < -0.39 is 0 Å². The van der Waals surface area contributed by atoms with E-state index in [9.17, 15) is 0 Å². The maximum absolute atomic E-state index is 6.16. The first-order valence-electron chi connectivity index (χ1n) is 6.56. The molecule has 0 aliphatic heterocycles. The molecule has 0 atom stereocenters. The fraction of sp³-hybridized carbons (Fsp3) is 0. The predicted molar refractivity (Wildman–Crippen MR) is 94.4 cm³/mol. The number of anilines is 1. The summed E-state index contributed by atoms with van der Waals surface area (Å²) in [6.07, 6.45) is 0. The van der Waals surface area contributed by atoms with E-state index in [-0.39, 0.29) is 0 Å². The van der Waals surface area contributed by atoms with Gasteiger partial charge in [0.1, 0.15) is 0 Å². The van der Waals surface area contributed by atoms with Crippen LogP contribution in [-0.4, -0.2) is 0 Å². The van der Waals surface area contributed by atoms with Gasteiger partial charge in [-0.15, -0.1) is 0 Å². The summed E-state index contributed by atoms with van der Waals surface area (Å²) in [5, 5.41) is 0.619. The molecule has 3 rings (SSSR count). The van der Waals surface area contributed by atoms with Crippen molar-refractivity contribution in [1.29, 1.82) is 0 Å². The van der Waals surface area contributed by atoms with Gasteiger partial charge in [-0.05, 0) is 44.8 Å². The second-order valence-corrected chi connectivity index (χ2v) is 6.03. The van der Waals surface area contributed by atoms with E-state index in [2.05, 4.69) is 40.2 Å². The summed E-state index contributed by atoms with van der Waals surface area (Å²) in [6, 6.07) is 22.3. The molecule has 0 radical (unpaired) electrons. The van der Waals surface area contributed by atoms with E-state index in [0.717, 1.165) is 21.2 Å². The monoisotopic (exact) mass is 357 g/mol. The molecule has 0 bridgehead atoms. The van der Waals surface area contributed by atoms with Crippen molar-refractivity contribution < 1.29 is 0 Å². The summed E-state index contributed by atoms with van der Waals surface area (Å²) in [6.45, 7) is 0. The lowest BCUT2D eigenvalue weighted by Gasteiger charge is -2.13. The molecule has 0 amide bonds. The Morgan fingerprint density at radius 1 is 0.762 bits per heavy atom. The highest BCUT2D eigenvalue weighted by atomic mass is 79.9. The van der Waals surface area contributed by atoms with E-state index >= 15 is 0 Å². The third-order valence-corrected chi connectivity index (χ3v) is 4.59. The third-order valence-electron chi connectivity index (χ3n) is 3.39. The van der Waals surface area contributed by atoms with Crippen LogP contribution in [0.2, 0.25) is 5.02 Å². The summed E-state index contributed by atoms with van der Waals surface area (Å²) in [5.41, 5.74) is 11.2. The number of rotatable bonds is 2. The summed E-state index contributed by atoms with van der Waals surface area (Å²) in [5.74, 6) is 0. The summed E-state index contributed by atoms with van der Waals surface area (Å²) >= 11 is 9.57. The number of halogens is 2. The lowest BCUT2D eigenvalue weighted by atomic mass is 9.94. The van der Waals surface area contributed by atoms with E-state index in [1.165, 1.54) is 5.56 Å². The van der Waals surface area contributed by atoms with E-state index in [4.69, 9.17) is 17.3 Å². The molecule has 0 fully saturated rings. The number of nitrogen functional groups attached to an aromatic ring is 1. The molecule has 104 valence electrons. The van der Waals surface area contributed by atoms with Crippen LogP contribution in [0.1, 0.15) is 0 Å². The van der Waals surface area contributed by atoms with Crippen LogP contribution in [0.4, 0.5) is 5.69 Å². The Bertz CT molecular complexity index is 784. The van der Waals surface area contributed by atoms with Crippen molar-refractivity contribution in [2.45, 2.75) is 0 Å². The fourth-order valence-corrected chi connectivity index (χ4v) is 2.90. The Hall–Kier alpha value is -1.77. The molecule has 3 aromatic rings. The lowest BCUT2D eigenvalue weighted by molar-refractivity contribution is 1.56. The van der Waals surface area contributed by atoms with Crippen LogP contribution in [0.25, 0.3) is 22.3 Å². The van der Waals surface area contributed by atoms with Crippen LogP contribution < -0.4 is 5.73 Å². The second-order valence-electron chi connectivity index (χ2n) is 4.77. The highest BCUT2D eigenvalue weighted by Crippen LogP contribution is 2.38. The van der Waals surface area contributed by atoms with Crippen molar-refractivity contribution in [3.8, 4) is 22.3 Å². The zero-order chi connectivity index (χ0) is 14.8. The molecule has 1 nitrogen and oxygen atoms in total. The quantitative estimate of drug-likeness (QED) is 0.557. The lowest BCUT2D eigenvalue weighted by Crippen LogP contribution is -1.93. The van der Waals surface area contributed by atoms with E-state index in [1.807, 2.05) is 36.4 Å². The predicted octanol–water partition coefficient (Wildman–Crippen LogP) is 6.02. The van der Waals surface area contributed by atoms with Crippen LogP contribution in [0.15, 0.2) is 71.2 Å². The van der Waals surface area contributed by atoms with Gasteiger partial charge in [-0.1, -0.05) is 66.2 Å². The number of benzene rings is 3. The molecule has 21 heavy (non-hydrogen) atoms. The summed E-state index contributed by atoms with van der Waals surface area (Å²) in [7, 11) is 0. The highest BCUT2D eigenvalue weighted by molar-refractivity contribution is 9.10. The Morgan fingerprint density at radius 3 is 2.10 bits per heavy atom. The minimum absolute atomic E-state index is 0.619. The Labute approximate surface area is 137 Å². The van der Waals surface area contributed by atoms with Gasteiger partial charge in [0.25, 0.3) is 0 Å². The van der Waals surface area contributed by atoms with Crippen molar-refractivity contribution >= 4 is 33.2 Å². The van der Waals surface area contributed by atoms with Gasteiger partial charge in [0, 0.05) is 15.7 Å². The first-order valence-corrected chi connectivity index (χ1v) is 7.73. The summed E-state index contributed by atoms with van der Waals surface area (Å²) < 4.78 is 0.844. The number of hydrogen-bond donors (Lipinski definition) is 1. The van der Waals surface area contributed by atoms with Gasteiger partial charge in [0.2, 0.25) is 0 Å². The first kappa shape index (κ1) is 14.2. The van der Waals surface area contributed by atoms with Gasteiger partial charge in [0.05, 0.1) is 5.02 Å². The molecule has 0 aromatic heterocycles. The van der Waals surface area contributed by atoms with Gasteiger partial charge >= 0.3 is 0 Å². The zero-order valence-electron chi connectivity index (χ0n) is 11.2. The van der Waals surface area contributed by atoms with Gasteiger partial charge in [-0.2, -0.15) is 0 Å². The van der Waals surface area contributed by atoms with Crippen molar-refractivity contribution in [3.63, 3.8) is 0 Å². The normalized spacial score (nSPS) is 10.6. The van der Waals surface area contributed by atoms with Gasteiger partial charge in [-0.25, -0.2) is 0 Å². The Morgan fingerprint density at radius 2 is 1.38 bits per heavy atom. The molecule has 3 aromatic carbocycles. The van der Waals surface area contributed by atoms with Gasteiger partial charge in [0.15, 0.2) is 0 Å². The van der Waals surface area contributed by atoms with Crippen LogP contribution >= 0.6 is 27.5 Å². The average molecular weight is 359 g/mol. The van der Waals surface area contributed by atoms with Crippen molar-refractivity contribution in [3.05, 3.63) is 76.2 Å². The molecule has 0 aliphatic carbocycles. The Kier molecular flexibility index (Phi) is 4.00. The second kappa shape index (κ2) is 5.92. The largest absolute Gasteiger partial charge is 0.398 e. The highest BCUT2D eigenvalue weighted by Gasteiger charge is 2.11. The minimum Gasteiger partial charge on any atom is -0.398 e. The molecular weight excluding hydrogens is 346 g/mol. The molecule has 0 aliphatic rings. The molecule has 0 saturated heterocycles. The van der Waals surface area contributed by atoms with Crippen molar-refractivity contribution in [1.82, 2.24) is 0 Å². The zero-order valence-corrected chi connectivity index (χ0v) is 13.5. The maximum atomic E-state index is 6.16. The SMILES string of the molecule is Nc1cc(Cl)c(Br)cc1-c1ccccc1-c1ccccc1. The standard InChI is InChI=1S/C18H13BrClN/c19-16-10-15(18(21)11-17(16)20)14-9-5-4-8-13(14)12-6-2-1-3-7-12/h1-11H,21H2. The molecule has 3 heteroatoms. The molecule has 0 saturated carbocycles. The van der Waals surface area contributed by atoms with Crippen molar-refractivity contribution in [2.75, 3.05) is 5.73 Å². The molecule has 0 unspecified atom stereocenters.